The molecule has 5 heteroatoms. The third-order valence-electron chi connectivity index (χ3n) is 3.96. The third kappa shape index (κ3) is 4.48. The molecule has 0 aromatic heterocycles. The van der Waals surface area contributed by atoms with Crippen molar-refractivity contribution >= 4 is 39.4 Å². The van der Waals surface area contributed by atoms with Crippen molar-refractivity contribution in [1.29, 1.82) is 0 Å². The minimum atomic E-state index is -0.369. The van der Waals surface area contributed by atoms with Crippen molar-refractivity contribution < 1.29 is 14.3 Å². The average Bonchev–Trinajstić information content (AvgIpc) is 3.06. The topological polar surface area (TPSA) is 43.4 Å². The Morgan fingerprint density at radius 2 is 1.79 bits per heavy atom. The number of ether oxygens (including phenoxy) is 1. The molecule has 3 nitrogen and oxygen atoms in total. The minimum Gasteiger partial charge on any atom is -0.457 e. The van der Waals surface area contributed by atoms with Gasteiger partial charge in [0.15, 0.2) is 12.4 Å². The lowest BCUT2D eigenvalue weighted by molar-refractivity contribution is -0.139. The van der Waals surface area contributed by atoms with Gasteiger partial charge < -0.3 is 4.74 Å². The summed E-state index contributed by atoms with van der Waals surface area (Å²) in [6.07, 6.45) is 3.49. The van der Waals surface area contributed by atoms with Gasteiger partial charge in [-0.3, -0.25) is 9.59 Å². The van der Waals surface area contributed by atoms with Crippen molar-refractivity contribution in [3.63, 3.8) is 0 Å². The Balaban J connectivity index is 1.46. The summed E-state index contributed by atoms with van der Waals surface area (Å²) in [5, 5.41) is 0. The fourth-order valence-electron chi connectivity index (χ4n) is 2.69. The maximum atomic E-state index is 12.0. The Morgan fingerprint density at radius 3 is 2.58 bits per heavy atom. The van der Waals surface area contributed by atoms with Gasteiger partial charge in [-0.15, -0.1) is 11.8 Å². The first-order chi connectivity index (χ1) is 11.6. The zero-order valence-electron chi connectivity index (χ0n) is 13.1. The summed E-state index contributed by atoms with van der Waals surface area (Å²) in [7, 11) is 0. The first-order valence-corrected chi connectivity index (χ1v) is 9.59. The molecule has 24 heavy (non-hydrogen) atoms. The molecule has 0 spiro atoms. The number of ketones is 1. The van der Waals surface area contributed by atoms with E-state index in [-0.39, 0.29) is 24.1 Å². The van der Waals surface area contributed by atoms with E-state index in [2.05, 4.69) is 34.1 Å². The number of Topliss-reactive ketones (excluding diaryl/α,β-unsaturated/α-hetero) is 1. The molecule has 0 saturated carbocycles. The molecule has 0 unspecified atom stereocenters. The van der Waals surface area contributed by atoms with Gasteiger partial charge in [0.1, 0.15) is 0 Å². The molecule has 1 aliphatic carbocycles. The van der Waals surface area contributed by atoms with Gasteiger partial charge >= 0.3 is 5.97 Å². The molecule has 2 aromatic rings. The van der Waals surface area contributed by atoms with Crippen LogP contribution < -0.4 is 0 Å². The van der Waals surface area contributed by atoms with Crippen molar-refractivity contribution in [2.45, 2.75) is 24.2 Å². The lowest BCUT2D eigenvalue weighted by atomic mass is 10.1. The predicted octanol–water partition coefficient (Wildman–Crippen LogP) is 4.46. The van der Waals surface area contributed by atoms with Crippen LogP contribution >= 0.6 is 27.7 Å². The molecule has 124 valence electrons. The smallest absolute Gasteiger partial charge is 0.316 e. The van der Waals surface area contributed by atoms with Crippen LogP contribution in [0, 0.1) is 0 Å². The number of rotatable bonds is 6. The van der Waals surface area contributed by atoms with Gasteiger partial charge in [-0.05, 0) is 54.7 Å². The fraction of sp³-hybridized carbons (Fsp3) is 0.263. The standard InChI is InChI=1S/C19H17BrO3S/c20-16-7-4-14(5-8-16)18(21)11-23-19(22)12-24-17-9-6-13-2-1-3-15(13)10-17/h4-10H,1-3,11-12H2. The molecule has 0 radical (unpaired) electrons. The van der Waals surface area contributed by atoms with E-state index in [0.29, 0.717) is 5.56 Å². The number of hydrogen-bond donors (Lipinski definition) is 0. The largest absolute Gasteiger partial charge is 0.457 e. The summed E-state index contributed by atoms with van der Waals surface area (Å²) in [6.45, 7) is -0.217. The van der Waals surface area contributed by atoms with Crippen molar-refractivity contribution in [2.24, 2.45) is 0 Å². The molecule has 0 amide bonds. The van der Waals surface area contributed by atoms with Crippen molar-refractivity contribution in [3.8, 4) is 0 Å². The third-order valence-corrected chi connectivity index (χ3v) is 5.45. The van der Waals surface area contributed by atoms with Gasteiger partial charge in [0, 0.05) is 14.9 Å². The molecule has 0 fully saturated rings. The van der Waals surface area contributed by atoms with Crippen LogP contribution in [0.2, 0.25) is 0 Å². The molecule has 2 aromatic carbocycles. The van der Waals surface area contributed by atoms with Crippen LogP contribution in [0.15, 0.2) is 51.8 Å². The highest BCUT2D eigenvalue weighted by molar-refractivity contribution is 9.10. The van der Waals surface area contributed by atoms with Gasteiger partial charge in [0.2, 0.25) is 0 Å². The first kappa shape index (κ1) is 17.2. The van der Waals surface area contributed by atoms with E-state index in [1.165, 1.54) is 29.3 Å². The van der Waals surface area contributed by atoms with E-state index in [9.17, 15) is 9.59 Å². The van der Waals surface area contributed by atoms with Gasteiger partial charge in [-0.2, -0.15) is 0 Å². The summed E-state index contributed by atoms with van der Waals surface area (Å²) < 4.78 is 5.99. The molecule has 0 atom stereocenters. The SMILES string of the molecule is O=C(CSc1ccc2c(c1)CCC2)OCC(=O)c1ccc(Br)cc1. The summed E-state index contributed by atoms with van der Waals surface area (Å²) in [5.74, 6) is -0.351. The number of halogens is 1. The molecule has 3 rings (SSSR count). The second kappa shape index (κ2) is 7.99. The van der Waals surface area contributed by atoms with Crippen LogP contribution in [0.3, 0.4) is 0 Å². The molecule has 0 aliphatic heterocycles. The number of carbonyl (C=O) groups is 2. The van der Waals surface area contributed by atoms with Crippen LogP contribution in [0.1, 0.15) is 27.9 Å². The van der Waals surface area contributed by atoms with E-state index in [0.717, 1.165) is 22.2 Å². The minimum absolute atomic E-state index is 0.196. The maximum absolute atomic E-state index is 12.0. The van der Waals surface area contributed by atoms with E-state index in [1.54, 1.807) is 24.3 Å². The summed E-state index contributed by atoms with van der Waals surface area (Å²) >= 11 is 4.77. The van der Waals surface area contributed by atoms with E-state index in [1.807, 2.05) is 0 Å². The van der Waals surface area contributed by atoms with Gasteiger partial charge in [0.05, 0.1) is 5.75 Å². The van der Waals surface area contributed by atoms with E-state index in [4.69, 9.17) is 4.74 Å². The monoisotopic (exact) mass is 404 g/mol. The van der Waals surface area contributed by atoms with Crippen LogP contribution in [0.25, 0.3) is 0 Å². The highest BCUT2D eigenvalue weighted by atomic mass is 79.9. The molecule has 0 bridgehead atoms. The molecule has 1 aliphatic rings. The lowest BCUT2D eigenvalue weighted by Gasteiger charge is -2.06. The van der Waals surface area contributed by atoms with Gasteiger partial charge in [0.25, 0.3) is 0 Å². The molecular formula is C19H17BrO3S. The molecular weight excluding hydrogens is 388 g/mol. The Morgan fingerprint density at radius 1 is 1.04 bits per heavy atom. The first-order valence-electron chi connectivity index (χ1n) is 7.81. The maximum Gasteiger partial charge on any atom is 0.316 e. The quantitative estimate of drug-likeness (QED) is 0.405. The molecule has 0 saturated heterocycles. The normalized spacial score (nSPS) is 12.7. The van der Waals surface area contributed by atoms with Crippen molar-refractivity contribution in [3.05, 3.63) is 63.6 Å². The number of hydrogen-bond acceptors (Lipinski definition) is 4. The van der Waals surface area contributed by atoms with Crippen LogP contribution in [-0.2, 0) is 22.4 Å². The van der Waals surface area contributed by atoms with Crippen molar-refractivity contribution in [1.82, 2.24) is 0 Å². The van der Waals surface area contributed by atoms with Crippen LogP contribution in [0.4, 0.5) is 0 Å². The number of fused-ring (bicyclic) bond motifs is 1. The van der Waals surface area contributed by atoms with E-state index >= 15 is 0 Å². The predicted molar refractivity (Wildman–Crippen MR) is 98.6 cm³/mol. The Labute approximate surface area is 153 Å². The molecule has 0 heterocycles. The Hall–Kier alpha value is -1.59. The zero-order valence-corrected chi connectivity index (χ0v) is 15.5. The summed E-state index contributed by atoms with van der Waals surface area (Å²) in [6, 6.07) is 13.4. The number of benzene rings is 2. The highest BCUT2D eigenvalue weighted by Gasteiger charge is 2.13. The second-order valence-electron chi connectivity index (χ2n) is 5.66. The summed E-state index contributed by atoms with van der Waals surface area (Å²) in [5.41, 5.74) is 3.35. The molecule has 0 N–H and O–H groups in total. The van der Waals surface area contributed by atoms with E-state index < -0.39 is 0 Å². The Kier molecular flexibility index (Phi) is 5.74. The highest BCUT2D eigenvalue weighted by Crippen LogP contribution is 2.27. The van der Waals surface area contributed by atoms with Crippen LogP contribution in [0.5, 0.6) is 0 Å². The zero-order chi connectivity index (χ0) is 16.9. The Bertz CT molecular complexity index is 756. The number of carbonyl (C=O) groups excluding carboxylic acids is 2. The summed E-state index contributed by atoms with van der Waals surface area (Å²) in [4.78, 5) is 24.9. The van der Waals surface area contributed by atoms with Gasteiger partial charge in [-0.1, -0.05) is 34.1 Å². The number of aryl methyl sites for hydroxylation is 2. The number of thioether (sulfide) groups is 1. The van der Waals surface area contributed by atoms with Crippen LogP contribution in [-0.4, -0.2) is 24.1 Å². The fourth-order valence-corrected chi connectivity index (χ4v) is 3.71. The number of esters is 1. The second-order valence-corrected chi connectivity index (χ2v) is 7.63. The van der Waals surface area contributed by atoms with Gasteiger partial charge in [-0.25, -0.2) is 0 Å². The van der Waals surface area contributed by atoms with Crippen molar-refractivity contribution in [2.75, 3.05) is 12.4 Å². The lowest BCUT2D eigenvalue weighted by Crippen LogP contribution is -2.15. The average molecular weight is 405 g/mol.